The molecule has 2 heterocycles. The molecule has 0 spiro atoms. The molecule has 6 rings (SSSR count). The van der Waals surface area contributed by atoms with E-state index in [2.05, 4.69) is 23.3 Å². The van der Waals surface area contributed by atoms with Gasteiger partial charge in [-0.2, -0.15) is 10.2 Å². The molecule has 0 saturated carbocycles. The second-order valence-electron chi connectivity index (χ2n) is 8.90. The third kappa shape index (κ3) is 4.49. The standard InChI is InChI=1S/C31H25FN4O/c1-37-27-18-14-22(15-19-27)29-20-30(36(33-29)26-10-6-3-7-11-26)28-21-35(25-8-4-2-5-9-25)34-31(28)23-12-16-24(32)17-13-23/h2-19,21,30H,20H2,1H3/t30-/m0/s1. The van der Waals surface area contributed by atoms with Crippen molar-refractivity contribution in [3.63, 3.8) is 0 Å². The van der Waals surface area contributed by atoms with Gasteiger partial charge >= 0.3 is 0 Å². The molecular weight excluding hydrogens is 463 g/mol. The summed E-state index contributed by atoms with van der Waals surface area (Å²) in [5.74, 6) is 0.534. The number of methoxy groups -OCH3 is 1. The summed E-state index contributed by atoms with van der Waals surface area (Å²) in [5, 5.41) is 12.1. The van der Waals surface area contributed by atoms with E-state index in [0.29, 0.717) is 6.42 Å². The van der Waals surface area contributed by atoms with E-state index in [1.165, 1.54) is 12.1 Å². The van der Waals surface area contributed by atoms with E-state index in [0.717, 1.165) is 45.2 Å². The fourth-order valence-electron chi connectivity index (χ4n) is 4.71. The van der Waals surface area contributed by atoms with Crippen LogP contribution in [0.5, 0.6) is 5.75 Å². The Morgan fingerprint density at radius 1 is 0.757 bits per heavy atom. The van der Waals surface area contributed by atoms with Gasteiger partial charge in [-0.1, -0.05) is 36.4 Å². The number of hydrogen-bond acceptors (Lipinski definition) is 4. The summed E-state index contributed by atoms with van der Waals surface area (Å²) in [5.41, 5.74) is 6.66. The number of ether oxygens (including phenoxy) is 1. The largest absolute Gasteiger partial charge is 0.497 e. The summed E-state index contributed by atoms with van der Waals surface area (Å²) in [6, 6.07) is 34.6. The van der Waals surface area contributed by atoms with Crippen LogP contribution in [0.2, 0.25) is 0 Å². The molecule has 1 aliphatic heterocycles. The summed E-state index contributed by atoms with van der Waals surface area (Å²) < 4.78 is 21.0. The molecule has 0 unspecified atom stereocenters. The highest BCUT2D eigenvalue weighted by atomic mass is 19.1. The molecule has 0 bridgehead atoms. The molecular formula is C31H25FN4O. The second kappa shape index (κ2) is 9.74. The summed E-state index contributed by atoms with van der Waals surface area (Å²) in [7, 11) is 1.66. The lowest BCUT2D eigenvalue weighted by atomic mass is 9.96. The molecule has 5 nitrogen and oxygen atoms in total. The minimum atomic E-state index is -0.273. The number of halogens is 1. The quantitative estimate of drug-likeness (QED) is 0.257. The van der Waals surface area contributed by atoms with E-state index in [4.69, 9.17) is 14.9 Å². The fourth-order valence-corrected chi connectivity index (χ4v) is 4.71. The van der Waals surface area contributed by atoms with Gasteiger partial charge < -0.3 is 4.74 Å². The fraction of sp³-hybridized carbons (Fsp3) is 0.0968. The number of aromatic nitrogens is 2. The summed E-state index contributed by atoms with van der Waals surface area (Å²) in [4.78, 5) is 0. The minimum absolute atomic E-state index is 0.1000. The first-order chi connectivity index (χ1) is 18.2. The number of nitrogens with zero attached hydrogens (tertiary/aromatic N) is 4. The summed E-state index contributed by atoms with van der Waals surface area (Å²) in [6.45, 7) is 0. The van der Waals surface area contributed by atoms with E-state index in [1.54, 1.807) is 19.2 Å². The van der Waals surface area contributed by atoms with E-state index in [-0.39, 0.29) is 11.9 Å². The van der Waals surface area contributed by atoms with Crippen molar-refractivity contribution in [1.82, 2.24) is 9.78 Å². The average Bonchev–Trinajstić information content (AvgIpc) is 3.60. The zero-order valence-corrected chi connectivity index (χ0v) is 20.3. The van der Waals surface area contributed by atoms with Crippen LogP contribution in [-0.4, -0.2) is 22.6 Å². The molecule has 0 aliphatic carbocycles. The van der Waals surface area contributed by atoms with Gasteiger partial charge in [-0.05, 0) is 78.4 Å². The normalized spacial score (nSPS) is 15.0. The first kappa shape index (κ1) is 22.7. The Morgan fingerprint density at radius 2 is 1.38 bits per heavy atom. The van der Waals surface area contributed by atoms with E-state index >= 15 is 0 Å². The Morgan fingerprint density at radius 3 is 2.03 bits per heavy atom. The first-order valence-corrected chi connectivity index (χ1v) is 12.2. The molecule has 0 fully saturated rings. The van der Waals surface area contributed by atoms with Crippen molar-refractivity contribution < 1.29 is 9.13 Å². The van der Waals surface area contributed by atoms with Crippen LogP contribution < -0.4 is 9.75 Å². The topological polar surface area (TPSA) is 42.6 Å². The molecule has 1 atom stereocenters. The van der Waals surface area contributed by atoms with Crippen molar-refractivity contribution in [2.75, 3.05) is 12.1 Å². The van der Waals surface area contributed by atoms with Gasteiger partial charge in [0.1, 0.15) is 11.6 Å². The lowest BCUT2D eigenvalue weighted by Gasteiger charge is -2.23. The predicted octanol–water partition coefficient (Wildman–Crippen LogP) is 7.04. The SMILES string of the molecule is COc1ccc(C2=NN(c3ccccc3)[C@H](c3cn(-c4ccccc4)nc3-c3ccc(F)cc3)C2)cc1. The van der Waals surface area contributed by atoms with E-state index in [1.807, 2.05) is 77.5 Å². The van der Waals surface area contributed by atoms with E-state index in [9.17, 15) is 4.39 Å². The molecule has 5 aromatic rings. The van der Waals surface area contributed by atoms with Crippen LogP contribution in [0.25, 0.3) is 16.9 Å². The minimum Gasteiger partial charge on any atom is -0.497 e. The van der Waals surface area contributed by atoms with Crippen molar-refractivity contribution >= 4 is 11.4 Å². The van der Waals surface area contributed by atoms with Gasteiger partial charge in [-0.3, -0.25) is 5.01 Å². The van der Waals surface area contributed by atoms with Crippen molar-refractivity contribution in [2.45, 2.75) is 12.5 Å². The molecule has 6 heteroatoms. The molecule has 182 valence electrons. The lowest BCUT2D eigenvalue weighted by molar-refractivity contribution is 0.415. The van der Waals surface area contributed by atoms with Crippen LogP contribution in [0.1, 0.15) is 23.6 Å². The molecule has 0 saturated heterocycles. The van der Waals surface area contributed by atoms with Gasteiger partial charge in [0.05, 0.1) is 35.9 Å². The average molecular weight is 489 g/mol. The number of para-hydroxylation sites is 2. The molecule has 37 heavy (non-hydrogen) atoms. The summed E-state index contributed by atoms with van der Waals surface area (Å²) in [6.07, 6.45) is 2.76. The number of rotatable bonds is 6. The highest BCUT2D eigenvalue weighted by Crippen LogP contribution is 2.40. The van der Waals surface area contributed by atoms with Crippen LogP contribution in [0.3, 0.4) is 0 Å². The van der Waals surface area contributed by atoms with Crippen molar-refractivity contribution in [3.05, 3.63) is 132 Å². The molecule has 0 N–H and O–H groups in total. The zero-order valence-electron chi connectivity index (χ0n) is 20.3. The molecule has 1 aliphatic rings. The van der Waals surface area contributed by atoms with Gasteiger partial charge in [0.25, 0.3) is 0 Å². The van der Waals surface area contributed by atoms with Gasteiger partial charge in [-0.15, -0.1) is 0 Å². The maximum absolute atomic E-state index is 13.8. The predicted molar refractivity (Wildman–Crippen MR) is 145 cm³/mol. The van der Waals surface area contributed by atoms with Gasteiger partial charge in [-0.25, -0.2) is 9.07 Å². The van der Waals surface area contributed by atoms with Gasteiger partial charge in [0, 0.05) is 23.7 Å². The Kier molecular flexibility index (Phi) is 5.98. The van der Waals surface area contributed by atoms with Crippen LogP contribution in [0.15, 0.2) is 120 Å². The lowest BCUT2D eigenvalue weighted by Crippen LogP contribution is -2.18. The Labute approximate surface area is 215 Å². The Balaban J connectivity index is 1.48. The third-order valence-corrected chi connectivity index (χ3v) is 6.59. The highest BCUT2D eigenvalue weighted by Gasteiger charge is 2.33. The van der Waals surface area contributed by atoms with Crippen molar-refractivity contribution in [3.8, 4) is 22.7 Å². The first-order valence-electron chi connectivity index (χ1n) is 12.2. The second-order valence-corrected chi connectivity index (χ2v) is 8.90. The monoisotopic (exact) mass is 488 g/mol. The number of benzene rings is 4. The molecule has 0 amide bonds. The number of hydrogen-bond donors (Lipinski definition) is 0. The number of anilines is 1. The van der Waals surface area contributed by atoms with Crippen LogP contribution in [0.4, 0.5) is 10.1 Å². The van der Waals surface area contributed by atoms with E-state index < -0.39 is 0 Å². The van der Waals surface area contributed by atoms with Gasteiger partial charge in [0.15, 0.2) is 0 Å². The maximum atomic E-state index is 13.8. The van der Waals surface area contributed by atoms with Crippen LogP contribution in [-0.2, 0) is 0 Å². The summed E-state index contributed by atoms with van der Waals surface area (Å²) >= 11 is 0. The third-order valence-electron chi connectivity index (χ3n) is 6.59. The van der Waals surface area contributed by atoms with Gasteiger partial charge in [0.2, 0.25) is 0 Å². The molecule has 4 aromatic carbocycles. The Hall–Kier alpha value is -4.71. The van der Waals surface area contributed by atoms with Crippen LogP contribution >= 0.6 is 0 Å². The van der Waals surface area contributed by atoms with Crippen molar-refractivity contribution in [2.24, 2.45) is 5.10 Å². The number of hydrazone groups is 1. The molecule has 1 aromatic heterocycles. The Bertz CT molecular complexity index is 1530. The highest BCUT2D eigenvalue weighted by molar-refractivity contribution is 6.03. The van der Waals surface area contributed by atoms with Crippen LogP contribution in [0, 0.1) is 5.82 Å². The zero-order chi connectivity index (χ0) is 25.2. The smallest absolute Gasteiger partial charge is 0.123 e. The van der Waals surface area contributed by atoms with Crippen molar-refractivity contribution in [1.29, 1.82) is 0 Å². The molecule has 0 radical (unpaired) electrons. The maximum Gasteiger partial charge on any atom is 0.123 e.